The van der Waals surface area contributed by atoms with Crippen molar-refractivity contribution in [2.75, 3.05) is 13.7 Å². The summed E-state index contributed by atoms with van der Waals surface area (Å²) in [5.74, 6) is 0. The number of carbonyl (C=O) groups is 1. The number of rotatable bonds is 2. The molecule has 0 aliphatic heterocycles. The minimum atomic E-state index is -0.339. The Labute approximate surface area is 104 Å². The average molecular weight is 242 g/mol. The van der Waals surface area contributed by atoms with E-state index in [1.54, 1.807) is 0 Å². The van der Waals surface area contributed by atoms with E-state index in [1.807, 2.05) is 0 Å². The van der Waals surface area contributed by atoms with Crippen LogP contribution in [-0.4, -0.2) is 25.8 Å². The number of alkyl carbamates (subject to hydrolysis) is 1. The predicted molar refractivity (Wildman–Crippen MR) is 68.7 cm³/mol. The number of nitrogens with one attached hydrogen (secondary N) is 1. The molecule has 2 unspecified atom stereocenters. The molecular formula is C13H26N2O2. The smallest absolute Gasteiger partial charge is 0.407 e. The fraction of sp³-hybridized carbons (Fsp3) is 0.923. The summed E-state index contributed by atoms with van der Waals surface area (Å²) in [5, 5.41) is 2.92. The van der Waals surface area contributed by atoms with Crippen molar-refractivity contribution < 1.29 is 9.53 Å². The highest BCUT2D eigenvalue weighted by molar-refractivity contribution is 5.67. The molecule has 0 bridgehead atoms. The minimum Gasteiger partial charge on any atom is -0.453 e. The van der Waals surface area contributed by atoms with Crippen molar-refractivity contribution in [3.05, 3.63) is 0 Å². The van der Waals surface area contributed by atoms with E-state index in [-0.39, 0.29) is 17.6 Å². The molecule has 2 atom stereocenters. The second-order valence-corrected chi connectivity index (χ2v) is 6.43. The van der Waals surface area contributed by atoms with Gasteiger partial charge < -0.3 is 15.8 Å². The molecule has 17 heavy (non-hydrogen) atoms. The molecule has 0 radical (unpaired) electrons. The number of methoxy groups -OCH3 is 1. The molecule has 1 aliphatic rings. The van der Waals surface area contributed by atoms with Gasteiger partial charge in [-0.15, -0.1) is 0 Å². The number of hydrogen-bond acceptors (Lipinski definition) is 3. The molecule has 1 amide bonds. The molecule has 0 aromatic rings. The van der Waals surface area contributed by atoms with Gasteiger partial charge in [0.25, 0.3) is 0 Å². The predicted octanol–water partition coefficient (Wildman–Crippen LogP) is 2.28. The molecule has 0 aromatic carbocycles. The van der Waals surface area contributed by atoms with Gasteiger partial charge in [-0.2, -0.15) is 0 Å². The first kappa shape index (κ1) is 14.3. The van der Waals surface area contributed by atoms with Crippen LogP contribution in [0.15, 0.2) is 0 Å². The first-order chi connectivity index (χ1) is 7.80. The lowest BCUT2D eigenvalue weighted by Gasteiger charge is -2.34. The summed E-state index contributed by atoms with van der Waals surface area (Å²) < 4.78 is 4.67. The van der Waals surface area contributed by atoms with E-state index in [0.29, 0.717) is 12.0 Å². The topological polar surface area (TPSA) is 64.3 Å². The summed E-state index contributed by atoms with van der Waals surface area (Å²) in [6.45, 7) is 7.44. The van der Waals surface area contributed by atoms with Crippen LogP contribution in [0.25, 0.3) is 0 Å². The van der Waals surface area contributed by atoms with Gasteiger partial charge >= 0.3 is 6.09 Å². The summed E-state index contributed by atoms with van der Waals surface area (Å²) in [6, 6.07) is 0.178. The standard InChI is InChI=1S/C13H26N2O2/c1-12(2)6-5-10(15-11(16)17-4)7-13(3,8-12)9-14/h10H,5-9,14H2,1-4H3,(H,15,16). The molecule has 1 fully saturated rings. The van der Waals surface area contributed by atoms with Gasteiger partial charge in [0.2, 0.25) is 0 Å². The lowest BCUT2D eigenvalue weighted by molar-refractivity contribution is 0.158. The van der Waals surface area contributed by atoms with Crippen molar-refractivity contribution >= 4 is 6.09 Å². The first-order valence-electron chi connectivity index (χ1n) is 6.35. The first-order valence-corrected chi connectivity index (χ1v) is 6.35. The molecule has 0 aromatic heterocycles. The third-order valence-corrected chi connectivity index (χ3v) is 3.81. The summed E-state index contributed by atoms with van der Waals surface area (Å²) in [5.41, 5.74) is 6.30. The fourth-order valence-electron chi connectivity index (χ4n) is 3.08. The lowest BCUT2D eigenvalue weighted by atomic mass is 9.73. The zero-order valence-corrected chi connectivity index (χ0v) is 11.5. The van der Waals surface area contributed by atoms with Gasteiger partial charge in [0, 0.05) is 6.04 Å². The van der Waals surface area contributed by atoms with Crippen LogP contribution in [0.5, 0.6) is 0 Å². The minimum absolute atomic E-state index is 0.103. The summed E-state index contributed by atoms with van der Waals surface area (Å²) in [6.07, 6.45) is 3.81. The van der Waals surface area contributed by atoms with Gasteiger partial charge in [0.1, 0.15) is 0 Å². The largest absolute Gasteiger partial charge is 0.453 e. The third kappa shape index (κ3) is 4.19. The van der Waals surface area contributed by atoms with Crippen LogP contribution in [-0.2, 0) is 4.74 Å². The molecule has 100 valence electrons. The van der Waals surface area contributed by atoms with Crippen molar-refractivity contribution in [1.82, 2.24) is 5.32 Å². The molecule has 0 saturated heterocycles. The highest BCUT2D eigenvalue weighted by Gasteiger charge is 2.37. The van der Waals surface area contributed by atoms with Gasteiger partial charge in [-0.25, -0.2) is 4.79 Å². The molecule has 3 N–H and O–H groups in total. The molecule has 1 saturated carbocycles. The van der Waals surface area contributed by atoms with Gasteiger partial charge in [-0.1, -0.05) is 20.8 Å². The fourth-order valence-corrected chi connectivity index (χ4v) is 3.08. The van der Waals surface area contributed by atoms with Crippen LogP contribution in [0.3, 0.4) is 0 Å². The summed E-state index contributed by atoms with van der Waals surface area (Å²) in [4.78, 5) is 11.3. The quantitative estimate of drug-likeness (QED) is 0.730. The second-order valence-electron chi connectivity index (χ2n) is 6.43. The Hall–Kier alpha value is -0.770. The van der Waals surface area contributed by atoms with Gasteiger partial charge in [-0.05, 0) is 43.1 Å². The average Bonchev–Trinajstić information content (AvgIpc) is 2.35. The zero-order valence-electron chi connectivity index (χ0n) is 11.5. The Bertz CT molecular complexity index is 279. The van der Waals surface area contributed by atoms with E-state index in [2.05, 4.69) is 30.8 Å². The summed E-state index contributed by atoms with van der Waals surface area (Å²) in [7, 11) is 1.40. The second kappa shape index (κ2) is 5.25. The maximum absolute atomic E-state index is 11.3. The van der Waals surface area contributed by atoms with E-state index in [1.165, 1.54) is 7.11 Å². The molecular weight excluding hydrogens is 216 g/mol. The van der Waals surface area contributed by atoms with E-state index >= 15 is 0 Å². The lowest BCUT2D eigenvalue weighted by Crippen LogP contribution is -2.40. The molecule has 4 heteroatoms. The third-order valence-electron chi connectivity index (χ3n) is 3.81. The Morgan fingerprint density at radius 3 is 2.65 bits per heavy atom. The highest BCUT2D eigenvalue weighted by atomic mass is 16.5. The van der Waals surface area contributed by atoms with Crippen LogP contribution < -0.4 is 11.1 Å². The number of nitrogens with two attached hydrogens (primary N) is 1. The monoisotopic (exact) mass is 242 g/mol. The number of amides is 1. The van der Waals surface area contributed by atoms with E-state index in [4.69, 9.17) is 5.73 Å². The SMILES string of the molecule is COC(=O)NC1CCC(C)(C)CC(C)(CN)C1. The van der Waals surface area contributed by atoms with Crippen LogP contribution in [0.2, 0.25) is 0 Å². The Kier molecular flexibility index (Phi) is 4.42. The maximum atomic E-state index is 11.3. The Morgan fingerprint density at radius 1 is 1.47 bits per heavy atom. The number of ether oxygens (including phenoxy) is 1. The number of carbonyl (C=O) groups excluding carboxylic acids is 1. The normalized spacial score (nSPS) is 32.6. The van der Waals surface area contributed by atoms with Crippen LogP contribution in [0.1, 0.15) is 46.5 Å². The van der Waals surface area contributed by atoms with Gasteiger partial charge in [0.05, 0.1) is 7.11 Å². The maximum Gasteiger partial charge on any atom is 0.407 e. The van der Waals surface area contributed by atoms with Gasteiger partial charge in [-0.3, -0.25) is 0 Å². The molecule has 1 aliphatic carbocycles. The summed E-state index contributed by atoms with van der Waals surface area (Å²) >= 11 is 0. The van der Waals surface area contributed by atoms with Crippen LogP contribution >= 0.6 is 0 Å². The van der Waals surface area contributed by atoms with Crippen LogP contribution in [0, 0.1) is 10.8 Å². The van der Waals surface area contributed by atoms with E-state index in [9.17, 15) is 4.79 Å². The zero-order chi connectivity index (χ0) is 13.1. The van der Waals surface area contributed by atoms with Crippen molar-refractivity contribution in [1.29, 1.82) is 0 Å². The van der Waals surface area contributed by atoms with E-state index < -0.39 is 0 Å². The molecule has 1 rings (SSSR count). The van der Waals surface area contributed by atoms with E-state index in [0.717, 1.165) is 25.7 Å². The van der Waals surface area contributed by atoms with Crippen molar-refractivity contribution in [2.24, 2.45) is 16.6 Å². The Balaban J connectivity index is 2.73. The Morgan fingerprint density at radius 2 is 2.12 bits per heavy atom. The highest BCUT2D eigenvalue weighted by Crippen LogP contribution is 2.43. The van der Waals surface area contributed by atoms with Crippen molar-refractivity contribution in [2.45, 2.75) is 52.5 Å². The molecule has 4 nitrogen and oxygen atoms in total. The van der Waals surface area contributed by atoms with Crippen LogP contribution in [0.4, 0.5) is 4.79 Å². The number of hydrogen-bond donors (Lipinski definition) is 2. The van der Waals surface area contributed by atoms with Gasteiger partial charge in [0.15, 0.2) is 0 Å². The van der Waals surface area contributed by atoms with Crippen molar-refractivity contribution in [3.63, 3.8) is 0 Å². The van der Waals surface area contributed by atoms with Crippen molar-refractivity contribution in [3.8, 4) is 0 Å². The molecule has 0 heterocycles. The molecule has 0 spiro atoms.